The zero-order valence-corrected chi connectivity index (χ0v) is 11.8. The predicted molar refractivity (Wildman–Crippen MR) is 81.0 cm³/mol. The van der Waals surface area contributed by atoms with Crippen molar-refractivity contribution in [1.29, 1.82) is 0 Å². The van der Waals surface area contributed by atoms with Crippen LogP contribution < -0.4 is 10.2 Å². The topological polar surface area (TPSA) is 76.2 Å². The van der Waals surface area contributed by atoms with Gasteiger partial charge < -0.3 is 20.3 Å². The van der Waals surface area contributed by atoms with Crippen LogP contribution in [0.3, 0.4) is 0 Å². The van der Waals surface area contributed by atoms with Gasteiger partial charge in [-0.15, -0.1) is 0 Å². The van der Waals surface area contributed by atoms with E-state index in [0.717, 1.165) is 18.8 Å². The van der Waals surface area contributed by atoms with Crippen molar-refractivity contribution in [2.75, 3.05) is 23.3 Å². The Hall–Kier alpha value is -2.57. The molecule has 1 saturated heterocycles. The van der Waals surface area contributed by atoms with Gasteiger partial charge in [0.25, 0.3) is 0 Å². The molecule has 0 radical (unpaired) electrons. The Morgan fingerprint density at radius 1 is 1.24 bits per heavy atom. The van der Waals surface area contributed by atoms with Gasteiger partial charge in [-0.2, -0.15) is 0 Å². The zero-order valence-electron chi connectivity index (χ0n) is 11.8. The number of hydrogen-bond acceptors (Lipinski definition) is 5. The summed E-state index contributed by atoms with van der Waals surface area (Å²) in [6, 6.07) is 7.94. The Kier molecular flexibility index (Phi) is 3.47. The molecule has 1 N–H and O–H groups in total. The SMILES string of the molecule is Cn1cnc([N+](=O)[O-])c1Nc1ccc(N2CCCC2)cc1. The number of nitro groups is 1. The van der Waals surface area contributed by atoms with Crippen molar-refractivity contribution < 1.29 is 4.92 Å². The van der Waals surface area contributed by atoms with Gasteiger partial charge in [0.2, 0.25) is 12.1 Å². The summed E-state index contributed by atoms with van der Waals surface area (Å²) in [5, 5.41) is 14.0. The molecule has 3 rings (SSSR count). The Bertz CT molecular complexity index is 644. The second kappa shape index (κ2) is 5.43. The standard InChI is InChI=1S/C14H17N5O2/c1-17-10-15-13(19(20)21)14(17)16-11-4-6-12(7-5-11)18-8-2-3-9-18/h4-7,10,16H,2-3,8-9H2,1H3. The first-order valence-electron chi connectivity index (χ1n) is 6.93. The summed E-state index contributed by atoms with van der Waals surface area (Å²) in [5.41, 5.74) is 2.00. The van der Waals surface area contributed by atoms with Crippen molar-refractivity contribution in [3.8, 4) is 0 Å². The van der Waals surface area contributed by atoms with Gasteiger partial charge in [0.1, 0.15) is 0 Å². The van der Waals surface area contributed by atoms with Crippen LogP contribution in [0.4, 0.5) is 23.0 Å². The Morgan fingerprint density at radius 3 is 2.52 bits per heavy atom. The molecular weight excluding hydrogens is 270 g/mol. The lowest BCUT2D eigenvalue weighted by Gasteiger charge is -2.17. The Balaban J connectivity index is 1.79. The van der Waals surface area contributed by atoms with Crippen molar-refractivity contribution in [2.24, 2.45) is 7.05 Å². The minimum Gasteiger partial charge on any atom is -0.372 e. The molecule has 21 heavy (non-hydrogen) atoms. The smallest absolute Gasteiger partial charge is 0.372 e. The van der Waals surface area contributed by atoms with E-state index in [2.05, 4.69) is 15.2 Å². The van der Waals surface area contributed by atoms with Gasteiger partial charge in [0, 0.05) is 31.5 Å². The van der Waals surface area contributed by atoms with E-state index in [1.165, 1.54) is 24.9 Å². The summed E-state index contributed by atoms with van der Waals surface area (Å²) in [6.45, 7) is 2.19. The van der Waals surface area contributed by atoms with Crippen LogP contribution in [0.1, 0.15) is 12.8 Å². The number of anilines is 3. The number of aryl methyl sites for hydroxylation is 1. The van der Waals surface area contributed by atoms with E-state index in [1.54, 1.807) is 11.6 Å². The second-order valence-corrected chi connectivity index (χ2v) is 5.15. The van der Waals surface area contributed by atoms with E-state index in [4.69, 9.17) is 0 Å². The molecule has 1 fully saturated rings. The quantitative estimate of drug-likeness (QED) is 0.691. The van der Waals surface area contributed by atoms with Gasteiger partial charge in [-0.25, -0.2) is 0 Å². The molecule has 0 amide bonds. The maximum atomic E-state index is 10.9. The monoisotopic (exact) mass is 287 g/mol. The van der Waals surface area contributed by atoms with Crippen LogP contribution in [0.25, 0.3) is 0 Å². The van der Waals surface area contributed by atoms with E-state index < -0.39 is 4.92 Å². The molecule has 1 aromatic carbocycles. The normalized spacial score (nSPS) is 14.4. The van der Waals surface area contributed by atoms with Crippen LogP contribution in [0.15, 0.2) is 30.6 Å². The third kappa shape index (κ3) is 2.67. The molecule has 7 heteroatoms. The number of nitrogens with zero attached hydrogens (tertiary/aromatic N) is 4. The molecule has 110 valence electrons. The molecule has 2 heterocycles. The molecule has 0 aliphatic carbocycles. The van der Waals surface area contributed by atoms with Gasteiger partial charge in [0.15, 0.2) is 0 Å². The third-order valence-corrected chi connectivity index (χ3v) is 3.69. The van der Waals surface area contributed by atoms with E-state index in [-0.39, 0.29) is 5.82 Å². The minimum atomic E-state index is -0.485. The molecule has 1 aliphatic rings. The van der Waals surface area contributed by atoms with Gasteiger partial charge >= 0.3 is 5.82 Å². The van der Waals surface area contributed by atoms with Crippen molar-refractivity contribution in [3.63, 3.8) is 0 Å². The molecule has 1 aliphatic heterocycles. The molecule has 7 nitrogen and oxygen atoms in total. The van der Waals surface area contributed by atoms with Crippen molar-refractivity contribution in [1.82, 2.24) is 9.55 Å². The van der Waals surface area contributed by atoms with E-state index in [1.807, 2.05) is 24.3 Å². The van der Waals surface area contributed by atoms with Crippen LogP contribution in [0.2, 0.25) is 0 Å². The van der Waals surface area contributed by atoms with Crippen molar-refractivity contribution >= 4 is 23.0 Å². The predicted octanol–water partition coefficient (Wildman–Crippen LogP) is 2.67. The van der Waals surface area contributed by atoms with E-state index in [0.29, 0.717) is 5.82 Å². The summed E-state index contributed by atoms with van der Waals surface area (Å²) in [6.07, 6.45) is 3.90. The van der Waals surface area contributed by atoms with Gasteiger partial charge in [-0.05, 0) is 47.0 Å². The molecule has 0 atom stereocenters. The zero-order chi connectivity index (χ0) is 14.8. The molecule has 0 bridgehead atoms. The summed E-state index contributed by atoms with van der Waals surface area (Å²) < 4.78 is 1.60. The molecule has 0 unspecified atom stereocenters. The van der Waals surface area contributed by atoms with Crippen LogP contribution in [-0.4, -0.2) is 27.6 Å². The lowest BCUT2D eigenvalue weighted by Crippen LogP contribution is -2.17. The molecule has 0 spiro atoms. The van der Waals surface area contributed by atoms with Crippen LogP contribution >= 0.6 is 0 Å². The van der Waals surface area contributed by atoms with Gasteiger partial charge in [-0.1, -0.05) is 0 Å². The number of hydrogen-bond donors (Lipinski definition) is 1. The average molecular weight is 287 g/mol. The van der Waals surface area contributed by atoms with Crippen molar-refractivity contribution in [3.05, 3.63) is 40.7 Å². The number of nitrogens with one attached hydrogen (secondary N) is 1. The molecule has 1 aromatic heterocycles. The Morgan fingerprint density at radius 2 is 1.90 bits per heavy atom. The maximum Gasteiger partial charge on any atom is 0.406 e. The minimum absolute atomic E-state index is 0.166. The summed E-state index contributed by atoms with van der Waals surface area (Å²) >= 11 is 0. The fourth-order valence-electron chi connectivity index (χ4n) is 2.56. The van der Waals surface area contributed by atoms with E-state index >= 15 is 0 Å². The first-order chi connectivity index (χ1) is 10.1. The Labute approximate surface area is 122 Å². The molecule has 0 saturated carbocycles. The second-order valence-electron chi connectivity index (χ2n) is 5.15. The fraction of sp³-hybridized carbons (Fsp3) is 0.357. The average Bonchev–Trinajstić information content (AvgIpc) is 3.11. The summed E-state index contributed by atoms with van der Waals surface area (Å²) in [7, 11) is 1.72. The van der Waals surface area contributed by atoms with Crippen LogP contribution in [-0.2, 0) is 7.05 Å². The third-order valence-electron chi connectivity index (χ3n) is 3.69. The summed E-state index contributed by atoms with van der Waals surface area (Å²) in [4.78, 5) is 16.6. The number of imidazole rings is 1. The van der Waals surface area contributed by atoms with E-state index in [9.17, 15) is 10.1 Å². The molecule has 2 aromatic rings. The fourth-order valence-corrected chi connectivity index (χ4v) is 2.56. The number of aromatic nitrogens is 2. The highest BCUT2D eigenvalue weighted by Gasteiger charge is 2.20. The number of benzene rings is 1. The first-order valence-corrected chi connectivity index (χ1v) is 6.93. The lowest BCUT2D eigenvalue weighted by molar-refractivity contribution is -0.388. The van der Waals surface area contributed by atoms with Crippen LogP contribution in [0, 0.1) is 10.1 Å². The van der Waals surface area contributed by atoms with Gasteiger partial charge in [0.05, 0.1) is 0 Å². The first kappa shape index (κ1) is 13.4. The van der Waals surface area contributed by atoms with Gasteiger partial charge in [-0.3, -0.25) is 4.57 Å². The number of rotatable bonds is 4. The van der Waals surface area contributed by atoms with Crippen LogP contribution in [0.5, 0.6) is 0 Å². The lowest BCUT2D eigenvalue weighted by atomic mass is 10.2. The summed E-state index contributed by atoms with van der Waals surface area (Å²) in [5.74, 6) is 0.218. The largest absolute Gasteiger partial charge is 0.406 e. The highest BCUT2D eigenvalue weighted by atomic mass is 16.6. The maximum absolute atomic E-state index is 10.9. The highest BCUT2D eigenvalue weighted by molar-refractivity contribution is 5.66. The molecular formula is C14H17N5O2. The van der Waals surface area contributed by atoms with Crippen molar-refractivity contribution in [2.45, 2.75) is 12.8 Å². The highest BCUT2D eigenvalue weighted by Crippen LogP contribution is 2.27.